The molecule has 0 amide bonds. The van der Waals surface area contributed by atoms with E-state index in [9.17, 15) is 0 Å². The van der Waals surface area contributed by atoms with E-state index in [2.05, 4.69) is 69.1 Å². The maximum atomic E-state index is 5.82. The highest BCUT2D eigenvalue weighted by Crippen LogP contribution is 2.51. The first-order valence-electron chi connectivity index (χ1n) is 9.08. The van der Waals surface area contributed by atoms with Gasteiger partial charge in [-0.1, -0.05) is 34.6 Å². The number of nitrogens with one attached hydrogen (secondary N) is 2. The molecule has 1 saturated carbocycles. The van der Waals surface area contributed by atoms with Gasteiger partial charge in [-0.05, 0) is 20.3 Å². The van der Waals surface area contributed by atoms with E-state index in [1.807, 2.05) is 0 Å². The third kappa shape index (κ3) is 4.00. The van der Waals surface area contributed by atoms with E-state index in [1.54, 1.807) is 13.3 Å². The molecule has 2 N–H and O–H groups in total. The van der Waals surface area contributed by atoms with Crippen molar-refractivity contribution in [1.29, 1.82) is 0 Å². The average molecular weight is 351 g/mol. The maximum Gasteiger partial charge on any atom is 0.216 e. The van der Waals surface area contributed by atoms with Crippen LogP contribution < -0.4 is 10.6 Å². The van der Waals surface area contributed by atoms with E-state index < -0.39 is 0 Å². The van der Waals surface area contributed by atoms with Gasteiger partial charge in [0.15, 0.2) is 5.96 Å². The van der Waals surface area contributed by atoms with Crippen molar-refractivity contribution in [3.63, 3.8) is 0 Å². The lowest BCUT2D eigenvalue weighted by Gasteiger charge is -2.59. The predicted octanol–water partition coefficient (Wildman–Crippen LogP) is 3.23. The summed E-state index contributed by atoms with van der Waals surface area (Å²) in [6.45, 7) is 16.2. The third-order valence-corrected chi connectivity index (χ3v) is 5.60. The SMILES string of the molecule is CCNC(=NCc1ncc(C(C)(C)C)o1)NC1CC(C)(OC)C1(C)C. The minimum atomic E-state index is -0.105. The topological polar surface area (TPSA) is 71.7 Å². The molecule has 1 fully saturated rings. The van der Waals surface area contributed by atoms with Crippen molar-refractivity contribution in [2.45, 2.75) is 78.5 Å². The van der Waals surface area contributed by atoms with Crippen molar-refractivity contribution >= 4 is 5.96 Å². The lowest BCUT2D eigenvalue weighted by molar-refractivity contribution is -0.176. The molecule has 1 heterocycles. The van der Waals surface area contributed by atoms with Gasteiger partial charge in [0.2, 0.25) is 5.89 Å². The minimum absolute atomic E-state index is 0.0281. The highest BCUT2D eigenvalue weighted by molar-refractivity contribution is 5.80. The number of guanidine groups is 1. The van der Waals surface area contributed by atoms with Crippen molar-refractivity contribution in [3.05, 3.63) is 17.8 Å². The maximum absolute atomic E-state index is 5.82. The first-order chi connectivity index (χ1) is 11.5. The molecular formula is C19H34N4O2. The fourth-order valence-electron chi connectivity index (χ4n) is 3.08. The van der Waals surface area contributed by atoms with Crippen LogP contribution in [-0.2, 0) is 16.7 Å². The van der Waals surface area contributed by atoms with Crippen molar-refractivity contribution in [1.82, 2.24) is 15.6 Å². The van der Waals surface area contributed by atoms with E-state index >= 15 is 0 Å². The van der Waals surface area contributed by atoms with Crippen LogP contribution in [0.1, 0.15) is 66.5 Å². The van der Waals surface area contributed by atoms with E-state index in [-0.39, 0.29) is 16.4 Å². The Balaban J connectivity index is 2.03. The number of nitrogens with zero attached hydrogens (tertiary/aromatic N) is 2. The van der Waals surface area contributed by atoms with Crippen LogP contribution in [0.5, 0.6) is 0 Å². The molecule has 1 aliphatic rings. The summed E-state index contributed by atoms with van der Waals surface area (Å²) in [6.07, 6.45) is 2.75. The van der Waals surface area contributed by atoms with Gasteiger partial charge in [0.1, 0.15) is 12.3 Å². The molecule has 2 atom stereocenters. The summed E-state index contributed by atoms with van der Waals surface area (Å²) < 4.78 is 11.5. The van der Waals surface area contributed by atoms with Crippen LogP contribution in [0.25, 0.3) is 0 Å². The Morgan fingerprint density at radius 2 is 2.08 bits per heavy atom. The van der Waals surface area contributed by atoms with Crippen LogP contribution in [0.3, 0.4) is 0 Å². The monoisotopic (exact) mass is 350 g/mol. The van der Waals surface area contributed by atoms with Crippen LogP contribution in [0, 0.1) is 5.41 Å². The van der Waals surface area contributed by atoms with E-state index in [0.717, 1.165) is 24.7 Å². The van der Waals surface area contributed by atoms with Crippen LogP contribution in [0.2, 0.25) is 0 Å². The van der Waals surface area contributed by atoms with Crippen LogP contribution >= 0.6 is 0 Å². The molecule has 0 bridgehead atoms. The van der Waals surface area contributed by atoms with Gasteiger partial charge in [-0.15, -0.1) is 0 Å². The van der Waals surface area contributed by atoms with E-state index in [0.29, 0.717) is 18.5 Å². The zero-order chi connectivity index (χ0) is 18.9. The molecule has 1 aliphatic carbocycles. The zero-order valence-corrected chi connectivity index (χ0v) is 17.0. The quantitative estimate of drug-likeness (QED) is 0.630. The Morgan fingerprint density at radius 3 is 2.56 bits per heavy atom. The van der Waals surface area contributed by atoms with Gasteiger partial charge in [0.05, 0.1) is 11.8 Å². The van der Waals surface area contributed by atoms with Crippen molar-refractivity contribution in [2.75, 3.05) is 13.7 Å². The van der Waals surface area contributed by atoms with E-state index in [4.69, 9.17) is 9.15 Å². The number of hydrogen-bond donors (Lipinski definition) is 2. The summed E-state index contributed by atoms with van der Waals surface area (Å²) >= 11 is 0. The molecule has 6 heteroatoms. The number of methoxy groups -OCH3 is 1. The number of hydrogen-bond acceptors (Lipinski definition) is 4. The Morgan fingerprint density at radius 1 is 1.40 bits per heavy atom. The van der Waals surface area contributed by atoms with Crippen molar-refractivity contribution in [2.24, 2.45) is 10.4 Å². The number of rotatable bonds is 5. The molecule has 1 aromatic heterocycles. The Kier molecular flexibility index (Phi) is 5.52. The molecule has 142 valence electrons. The van der Waals surface area contributed by atoms with Gasteiger partial charge in [0, 0.05) is 30.5 Å². The lowest BCUT2D eigenvalue weighted by Crippen LogP contribution is -2.69. The second kappa shape index (κ2) is 6.98. The first-order valence-corrected chi connectivity index (χ1v) is 9.08. The summed E-state index contributed by atoms with van der Waals surface area (Å²) in [5.41, 5.74) is -0.120. The number of aromatic nitrogens is 1. The Bertz CT molecular complexity index is 615. The largest absolute Gasteiger partial charge is 0.443 e. The molecule has 6 nitrogen and oxygen atoms in total. The lowest BCUT2D eigenvalue weighted by atomic mass is 9.56. The van der Waals surface area contributed by atoms with Crippen molar-refractivity contribution in [3.8, 4) is 0 Å². The Labute approximate surface area is 151 Å². The van der Waals surface area contributed by atoms with Crippen LogP contribution in [-0.4, -0.2) is 36.2 Å². The minimum Gasteiger partial charge on any atom is -0.443 e. The first kappa shape index (κ1) is 19.8. The molecule has 0 saturated heterocycles. The Hall–Kier alpha value is -1.56. The molecule has 0 spiro atoms. The summed E-state index contributed by atoms with van der Waals surface area (Å²) in [6, 6.07) is 0.310. The third-order valence-electron chi connectivity index (χ3n) is 5.60. The van der Waals surface area contributed by atoms with Gasteiger partial charge in [-0.3, -0.25) is 0 Å². The standard InChI is InChI=1S/C19H34N4O2/c1-9-20-16(23-13-10-19(7,24-8)18(13,5)6)22-12-15-21-11-14(25-15)17(2,3)4/h11,13H,9-10,12H2,1-8H3,(H2,20,22,23). The molecule has 0 radical (unpaired) electrons. The smallest absolute Gasteiger partial charge is 0.216 e. The fourth-order valence-corrected chi connectivity index (χ4v) is 3.08. The molecule has 25 heavy (non-hydrogen) atoms. The van der Waals surface area contributed by atoms with Gasteiger partial charge in [0.25, 0.3) is 0 Å². The van der Waals surface area contributed by atoms with E-state index in [1.165, 1.54) is 0 Å². The average Bonchev–Trinajstić information content (AvgIpc) is 3.01. The number of oxazole rings is 1. The highest BCUT2D eigenvalue weighted by atomic mass is 16.5. The second-order valence-corrected chi connectivity index (χ2v) is 8.62. The summed E-state index contributed by atoms with van der Waals surface area (Å²) in [4.78, 5) is 8.98. The number of ether oxygens (including phenoxy) is 1. The van der Waals surface area contributed by atoms with Gasteiger partial charge >= 0.3 is 0 Å². The molecule has 2 unspecified atom stereocenters. The molecule has 0 aromatic carbocycles. The van der Waals surface area contributed by atoms with Gasteiger partial charge in [-0.2, -0.15) is 0 Å². The summed E-state index contributed by atoms with van der Waals surface area (Å²) in [5, 5.41) is 6.83. The summed E-state index contributed by atoms with van der Waals surface area (Å²) in [7, 11) is 1.78. The molecule has 2 rings (SSSR count). The second-order valence-electron chi connectivity index (χ2n) is 8.62. The molecule has 1 aromatic rings. The molecular weight excluding hydrogens is 316 g/mol. The van der Waals surface area contributed by atoms with Crippen LogP contribution in [0.4, 0.5) is 0 Å². The predicted molar refractivity (Wildman–Crippen MR) is 101 cm³/mol. The summed E-state index contributed by atoms with van der Waals surface area (Å²) in [5.74, 6) is 2.30. The number of aliphatic imine (C=N–C) groups is 1. The normalized spacial score (nSPS) is 26.2. The van der Waals surface area contributed by atoms with Crippen molar-refractivity contribution < 1.29 is 9.15 Å². The van der Waals surface area contributed by atoms with Crippen LogP contribution in [0.15, 0.2) is 15.6 Å². The fraction of sp³-hybridized carbons (Fsp3) is 0.789. The molecule has 0 aliphatic heterocycles. The van der Waals surface area contributed by atoms with Gasteiger partial charge in [-0.25, -0.2) is 9.98 Å². The van der Waals surface area contributed by atoms with Gasteiger partial charge < -0.3 is 19.8 Å². The highest BCUT2D eigenvalue weighted by Gasteiger charge is 2.58. The zero-order valence-electron chi connectivity index (χ0n) is 17.0.